The van der Waals surface area contributed by atoms with Crippen LogP contribution in [0.4, 0.5) is 0 Å². The molecule has 2 aromatic rings. The zero-order valence-electron chi connectivity index (χ0n) is 20.2. The number of rotatable bonds is 6. The molecule has 34 heavy (non-hydrogen) atoms. The molecule has 184 valence electrons. The number of hydrogen-bond acceptors (Lipinski definition) is 4. The van der Waals surface area contributed by atoms with Crippen molar-refractivity contribution in [1.82, 2.24) is 9.21 Å². The third-order valence-corrected chi connectivity index (χ3v) is 9.51. The van der Waals surface area contributed by atoms with Gasteiger partial charge in [0.05, 0.1) is 4.90 Å². The number of aryl methyl sites for hydroxylation is 3. The van der Waals surface area contributed by atoms with E-state index in [9.17, 15) is 18.3 Å². The van der Waals surface area contributed by atoms with Crippen LogP contribution in [0.15, 0.2) is 47.4 Å². The molecule has 0 bridgehead atoms. The number of phenolic OH excluding ortho intramolecular Hbond substituents is 1. The van der Waals surface area contributed by atoms with Crippen LogP contribution in [0, 0.1) is 25.7 Å². The van der Waals surface area contributed by atoms with Gasteiger partial charge in [0.2, 0.25) is 15.9 Å². The molecule has 1 amide bonds. The molecule has 4 rings (SSSR count). The quantitative estimate of drug-likeness (QED) is 0.664. The molecule has 2 aliphatic heterocycles. The number of sulfonamides is 1. The molecule has 2 aromatic carbocycles. The van der Waals surface area contributed by atoms with E-state index in [4.69, 9.17) is 0 Å². The maximum atomic E-state index is 13.1. The maximum absolute atomic E-state index is 13.1. The zero-order valence-corrected chi connectivity index (χ0v) is 21.1. The van der Waals surface area contributed by atoms with Crippen LogP contribution in [0.3, 0.4) is 0 Å². The van der Waals surface area contributed by atoms with Gasteiger partial charge in [0.1, 0.15) is 5.75 Å². The standard InChI is InChI=1S/C27H36N2O4S/c1-20-3-10-26(21(2)19-20)34(32,33)29-17-13-24(14-18-29)27(31)28-15-11-23(12-16-28)5-4-22-6-8-25(30)9-7-22/h3,6-10,19,23-24,30H,4-5,11-18H2,1-2H3. The van der Waals surface area contributed by atoms with Crippen molar-refractivity contribution >= 4 is 15.9 Å². The summed E-state index contributed by atoms with van der Waals surface area (Å²) in [7, 11) is -3.53. The van der Waals surface area contributed by atoms with Crippen LogP contribution in [0.25, 0.3) is 0 Å². The van der Waals surface area contributed by atoms with E-state index in [-0.39, 0.29) is 11.8 Å². The Labute approximate surface area is 203 Å². The summed E-state index contributed by atoms with van der Waals surface area (Å²) < 4.78 is 27.8. The van der Waals surface area contributed by atoms with Crippen molar-refractivity contribution in [3.05, 3.63) is 59.2 Å². The maximum Gasteiger partial charge on any atom is 0.243 e. The van der Waals surface area contributed by atoms with Crippen molar-refractivity contribution in [3.63, 3.8) is 0 Å². The number of aromatic hydroxyl groups is 1. The largest absolute Gasteiger partial charge is 0.508 e. The van der Waals surface area contributed by atoms with Gasteiger partial charge in [0.25, 0.3) is 0 Å². The molecule has 0 radical (unpaired) electrons. The number of piperidine rings is 2. The van der Waals surface area contributed by atoms with Crippen LogP contribution in [-0.2, 0) is 21.2 Å². The SMILES string of the molecule is Cc1ccc(S(=O)(=O)N2CCC(C(=O)N3CCC(CCc4ccc(O)cc4)CC3)CC2)c(C)c1. The van der Waals surface area contributed by atoms with E-state index in [0.717, 1.165) is 49.9 Å². The lowest BCUT2D eigenvalue weighted by molar-refractivity contribution is -0.138. The molecule has 2 heterocycles. The summed E-state index contributed by atoms with van der Waals surface area (Å²) in [6.45, 7) is 6.17. The molecule has 0 aliphatic carbocycles. The minimum absolute atomic E-state index is 0.0842. The molecule has 1 N–H and O–H groups in total. The Bertz CT molecular complexity index is 1100. The number of benzene rings is 2. The number of carbonyl (C=O) groups is 1. The van der Waals surface area contributed by atoms with Crippen LogP contribution < -0.4 is 0 Å². The highest BCUT2D eigenvalue weighted by Crippen LogP contribution is 2.29. The van der Waals surface area contributed by atoms with Gasteiger partial charge in [0, 0.05) is 32.1 Å². The van der Waals surface area contributed by atoms with E-state index in [1.54, 1.807) is 22.5 Å². The number of hydrogen-bond donors (Lipinski definition) is 1. The number of amides is 1. The topological polar surface area (TPSA) is 77.9 Å². The van der Waals surface area contributed by atoms with Gasteiger partial charge in [-0.2, -0.15) is 4.31 Å². The fraction of sp³-hybridized carbons (Fsp3) is 0.519. The van der Waals surface area contributed by atoms with Crippen molar-refractivity contribution in [2.75, 3.05) is 26.2 Å². The van der Waals surface area contributed by atoms with Crippen molar-refractivity contribution in [3.8, 4) is 5.75 Å². The van der Waals surface area contributed by atoms with Crippen molar-refractivity contribution in [2.24, 2.45) is 11.8 Å². The first-order chi connectivity index (χ1) is 16.2. The zero-order chi connectivity index (χ0) is 24.3. The Morgan fingerprint density at radius 3 is 2.21 bits per heavy atom. The van der Waals surface area contributed by atoms with E-state index >= 15 is 0 Å². The predicted molar refractivity (Wildman–Crippen MR) is 133 cm³/mol. The Hall–Kier alpha value is -2.38. The van der Waals surface area contributed by atoms with Gasteiger partial charge < -0.3 is 10.0 Å². The molecule has 0 spiro atoms. The molecule has 2 fully saturated rings. The monoisotopic (exact) mass is 484 g/mol. The predicted octanol–water partition coefficient (Wildman–Crippen LogP) is 4.28. The average Bonchev–Trinajstić information content (AvgIpc) is 2.83. The van der Waals surface area contributed by atoms with E-state index < -0.39 is 10.0 Å². The Kier molecular flexibility index (Phi) is 7.63. The highest BCUT2D eigenvalue weighted by atomic mass is 32.2. The molecule has 0 atom stereocenters. The van der Waals surface area contributed by atoms with Gasteiger partial charge in [0.15, 0.2) is 0 Å². The molecular formula is C27H36N2O4S. The van der Waals surface area contributed by atoms with Gasteiger partial charge in [-0.25, -0.2) is 8.42 Å². The minimum atomic E-state index is -3.53. The molecule has 7 heteroatoms. The van der Waals surface area contributed by atoms with Gasteiger partial charge in [-0.1, -0.05) is 29.8 Å². The van der Waals surface area contributed by atoms with E-state index in [1.165, 1.54) is 5.56 Å². The third kappa shape index (κ3) is 5.63. The summed E-state index contributed by atoms with van der Waals surface area (Å²) in [6.07, 6.45) is 5.30. The second-order valence-electron chi connectivity index (χ2n) is 9.92. The summed E-state index contributed by atoms with van der Waals surface area (Å²) in [4.78, 5) is 15.5. The second-order valence-corrected chi connectivity index (χ2v) is 11.8. The fourth-order valence-electron chi connectivity index (χ4n) is 5.30. The normalized spacial score (nSPS) is 18.8. The van der Waals surface area contributed by atoms with Crippen LogP contribution in [0.5, 0.6) is 5.75 Å². The van der Waals surface area contributed by atoms with Crippen molar-refractivity contribution in [1.29, 1.82) is 0 Å². The Morgan fingerprint density at radius 2 is 1.59 bits per heavy atom. The molecule has 2 saturated heterocycles. The Morgan fingerprint density at radius 1 is 0.941 bits per heavy atom. The van der Waals surface area contributed by atoms with Crippen LogP contribution in [0.2, 0.25) is 0 Å². The Balaban J connectivity index is 1.25. The first-order valence-electron chi connectivity index (χ1n) is 12.4. The smallest absolute Gasteiger partial charge is 0.243 e. The number of nitrogens with zero attached hydrogens (tertiary/aromatic N) is 2. The first-order valence-corrected chi connectivity index (χ1v) is 13.8. The molecule has 0 aromatic heterocycles. The first kappa shape index (κ1) is 24.7. The lowest BCUT2D eigenvalue weighted by Gasteiger charge is -2.37. The minimum Gasteiger partial charge on any atom is -0.508 e. The second kappa shape index (κ2) is 10.5. The van der Waals surface area contributed by atoms with E-state index in [0.29, 0.717) is 42.5 Å². The summed E-state index contributed by atoms with van der Waals surface area (Å²) in [5, 5.41) is 9.42. The van der Waals surface area contributed by atoms with Crippen LogP contribution >= 0.6 is 0 Å². The van der Waals surface area contributed by atoms with Gasteiger partial charge in [-0.05, 0) is 87.6 Å². The summed E-state index contributed by atoms with van der Waals surface area (Å²) in [5.41, 5.74) is 3.05. The lowest BCUT2D eigenvalue weighted by atomic mass is 9.89. The van der Waals surface area contributed by atoms with Gasteiger partial charge >= 0.3 is 0 Å². The lowest BCUT2D eigenvalue weighted by Crippen LogP contribution is -2.46. The summed E-state index contributed by atoms with van der Waals surface area (Å²) >= 11 is 0. The molecule has 0 unspecified atom stereocenters. The molecular weight excluding hydrogens is 448 g/mol. The number of likely N-dealkylation sites (tertiary alicyclic amines) is 1. The van der Waals surface area contributed by atoms with Gasteiger partial charge in [-0.3, -0.25) is 4.79 Å². The van der Waals surface area contributed by atoms with E-state index in [1.807, 2.05) is 43.0 Å². The van der Waals surface area contributed by atoms with Crippen molar-refractivity contribution < 1.29 is 18.3 Å². The van der Waals surface area contributed by atoms with Crippen LogP contribution in [0.1, 0.15) is 48.8 Å². The fourth-order valence-corrected chi connectivity index (χ4v) is 6.98. The average molecular weight is 485 g/mol. The molecule has 0 saturated carbocycles. The molecule has 2 aliphatic rings. The highest BCUT2D eigenvalue weighted by Gasteiger charge is 2.35. The summed E-state index contributed by atoms with van der Waals surface area (Å²) in [5.74, 6) is 1.02. The van der Waals surface area contributed by atoms with Crippen molar-refractivity contribution in [2.45, 2.75) is 57.3 Å². The number of carbonyl (C=O) groups excluding carboxylic acids is 1. The van der Waals surface area contributed by atoms with Crippen LogP contribution in [-0.4, -0.2) is 54.8 Å². The highest BCUT2D eigenvalue weighted by molar-refractivity contribution is 7.89. The van der Waals surface area contributed by atoms with E-state index in [2.05, 4.69) is 0 Å². The van der Waals surface area contributed by atoms with Gasteiger partial charge in [-0.15, -0.1) is 0 Å². The summed E-state index contributed by atoms with van der Waals surface area (Å²) in [6, 6.07) is 12.8. The molecule has 6 nitrogen and oxygen atoms in total. The number of phenols is 1. The third-order valence-electron chi connectivity index (χ3n) is 7.46.